The van der Waals surface area contributed by atoms with Gasteiger partial charge in [0, 0.05) is 12.0 Å². The largest absolute Gasteiger partial charge is 0.339 e. The van der Waals surface area contributed by atoms with Crippen molar-refractivity contribution in [3.63, 3.8) is 0 Å². The van der Waals surface area contributed by atoms with Crippen LogP contribution in [0.4, 0.5) is 4.39 Å². The summed E-state index contributed by atoms with van der Waals surface area (Å²) in [5, 5.41) is 7.28. The van der Waals surface area contributed by atoms with E-state index < -0.39 is 0 Å². The molecule has 5 heteroatoms. The summed E-state index contributed by atoms with van der Waals surface area (Å²) in [7, 11) is 0. The molecule has 100 valence electrons. The Balaban J connectivity index is 1.63. The Morgan fingerprint density at radius 3 is 2.89 bits per heavy atom. The molecule has 1 unspecified atom stereocenters. The summed E-state index contributed by atoms with van der Waals surface area (Å²) in [6.45, 7) is 2.19. The second-order valence-electron chi connectivity index (χ2n) is 4.92. The average molecular weight is 261 g/mol. The van der Waals surface area contributed by atoms with Gasteiger partial charge in [-0.2, -0.15) is 4.98 Å². The van der Waals surface area contributed by atoms with E-state index >= 15 is 0 Å². The Labute approximate surface area is 111 Å². The van der Waals surface area contributed by atoms with Gasteiger partial charge in [-0.3, -0.25) is 0 Å². The van der Waals surface area contributed by atoms with Crippen LogP contribution in [0, 0.1) is 11.7 Å². The molecule has 0 spiro atoms. The smallest absolute Gasteiger partial charge is 0.226 e. The summed E-state index contributed by atoms with van der Waals surface area (Å²) in [5.74, 6) is 1.63. The number of hydrogen-bond donors (Lipinski definition) is 1. The van der Waals surface area contributed by atoms with Crippen LogP contribution in [0.2, 0.25) is 0 Å². The molecule has 0 saturated carbocycles. The minimum absolute atomic E-state index is 0.263. The Morgan fingerprint density at radius 2 is 2.16 bits per heavy atom. The lowest BCUT2D eigenvalue weighted by atomic mass is 10.0. The van der Waals surface area contributed by atoms with Crippen LogP contribution in [-0.4, -0.2) is 23.2 Å². The van der Waals surface area contributed by atoms with Gasteiger partial charge in [0.1, 0.15) is 5.82 Å². The predicted octanol–water partition coefficient (Wildman–Crippen LogP) is 2.42. The molecule has 2 aromatic rings. The van der Waals surface area contributed by atoms with Crippen molar-refractivity contribution in [3.8, 4) is 11.4 Å². The van der Waals surface area contributed by atoms with Crippen LogP contribution in [0.5, 0.6) is 0 Å². The number of rotatable bonds is 4. The summed E-state index contributed by atoms with van der Waals surface area (Å²) in [6.07, 6.45) is 3.09. The molecule has 0 radical (unpaired) electrons. The van der Waals surface area contributed by atoms with Crippen molar-refractivity contribution in [3.05, 3.63) is 36.0 Å². The van der Waals surface area contributed by atoms with Gasteiger partial charge in [0.2, 0.25) is 11.7 Å². The lowest BCUT2D eigenvalue weighted by Gasteiger charge is -2.03. The number of hydrogen-bond acceptors (Lipinski definition) is 4. The molecule has 0 aliphatic carbocycles. The average Bonchev–Trinajstić information content (AvgIpc) is 3.09. The molecule has 3 rings (SSSR count). The first-order valence-corrected chi connectivity index (χ1v) is 6.60. The maximum Gasteiger partial charge on any atom is 0.226 e. The second kappa shape index (κ2) is 5.48. The highest BCUT2D eigenvalue weighted by Crippen LogP contribution is 2.19. The van der Waals surface area contributed by atoms with Gasteiger partial charge in [-0.15, -0.1) is 0 Å². The molecule has 1 aliphatic rings. The van der Waals surface area contributed by atoms with Crippen LogP contribution in [-0.2, 0) is 6.42 Å². The normalized spacial score (nSPS) is 18.9. The summed E-state index contributed by atoms with van der Waals surface area (Å²) >= 11 is 0. The number of nitrogens with one attached hydrogen (secondary N) is 1. The number of aryl methyl sites for hydroxylation is 1. The third kappa shape index (κ3) is 2.98. The standard InChI is InChI=1S/C14H16FN3O/c15-12-4-2-11(3-5-12)14-17-13(19-18-14)6-1-10-7-8-16-9-10/h2-5,10,16H,1,6-9H2. The molecule has 1 aromatic heterocycles. The van der Waals surface area contributed by atoms with E-state index in [1.165, 1.54) is 18.6 Å². The van der Waals surface area contributed by atoms with E-state index in [0.29, 0.717) is 17.6 Å². The first-order chi connectivity index (χ1) is 9.31. The van der Waals surface area contributed by atoms with E-state index in [1.54, 1.807) is 12.1 Å². The Hall–Kier alpha value is -1.75. The second-order valence-corrected chi connectivity index (χ2v) is 4.92. The summed E-state index contributed by atoms with van der Waals surface area (Å²) < 4.78 is 18.1. The van der Waals surface area contributed by atoms with Crippen molar-refractivity contribution in [2.45, 2.75) is 19.3 Å². The number of benzene rings is 1. The zero-order valence-corrected chi connectivity index (χ0v) is 10.6. The molecule has 1 atom stereocenters. The Bertz CT molecular complexity index is 532. The van der Waals surface area contributed by atoms with Gasteiger partial charge in [-0.05, 0) is 56.1 Å². The molecular weight excluding hydrogens is 245 g/mol. The Kier molecular flexibility index (Phi) is 3.55. The van der Waals surface area contributed by atoms with Crippen molar-refractivity contribution in [2.75, 3.05) is 13.1 Å². The first-order valence-electron chi connectivity index (χ1n) is 6.60. The molecule has 1 aliphatic heterocycles. The number of halogens is 1. The molecule has 1 saturated heterocycles. The van der Waals surface area contributed by atoms with Crippen LogP contribution >= 0.6 is 0 Å². The lowest BCUT2D eigenvalue weighted by Crippen LogP contribution is -2.09. The quantitative estimate of drug-likeness (QED) is 0.918. The maximum atomic E-state index is 12.8. The minimum atomic E-state index is -0.263. The maximum absolute atomic E-state index is 12.8. The van der Waals surface area contributed by atoms with Crippen LogP contribution in [0.1, 0.15) is 18.7 Å². The molecule has 1 aromatic carbocycles. The van der Waals surface area contributed by atoms with Crippen LogP contribution in [0.3, 0.4) is 0 Å². The zero-order chi connectivity index (χ0) is 13.1. The molecule has 0 bridgehead atoms. The molecule has 0 amide bonds. The zero-order valence-electron chi connectivity index (χ0n) is 10.6. The number of nitrogens with zero attached hydrogens (tertiary/aromatic N) is 2. The van der Waals surface area contributed by atoms with Gasteiger partial charge < -0.3 is 9.84 Å². The van der Waals surface area contributed by atoms with Crippen LogP contribution in [0.15, 0.2) is 28.8 Å². The van der Waals surface area contributed by atoms with Gasteiger partial charge in [-0.1, -0.05) is 5.16 Å². The third-order valence-corrected chi connectivity index (χ3v) is 3.50. The fourth-order valence-corrected chi connectivity index (χ4v) is 2.36. The van der Waals surface area contributed by atoms with Crippen molar-refractivity contribution in [1.82, 2.24) is 15.5 Å². The molecule has 1 N–H and O–H groups in total. The Morgan fingerprint density at radius 1 is 1.32 bits per heavy atom. The fraction of sp³-hybridized carbons (Fsp3) is 0.429. The van der Waals surface area contributed by atoms with Crippen molar-refractivity contribution >= 4 is 0 Å². The van der Waals surface area contributed by atoms with Gasteiger partial charge in [0.15, 0.2) is 0 Å². The van der Waals surface area contributed by atoms with Crippen molar-refractivity contribution in [1.29, 1.82) is 0 Å². The van der Waals surface area contributed by atoms with Crippen molar-refractivity contribution < 1.29 is 8.91 Å². The van der Waals surface area contributed by atoms with E-state index in [0.717, 1.165) is 31.5 Å². The molecule has 19 heavy (non-hydrogen) atoms. The predicted molar refractivity (Wildman–Crippen MR) is 69.0 cm³/mol. The molecule has 1 fully saturated rings. The molecule has 4 nitrogen and oxygen atoms in total. The van der Waals surface area contributed by atoms with E-state index in [1.807, 2.05) is 0 Å². The van der Waals surface area contributed by atoms with Crippen LogP contribution < -0.4 is 5.32 Å². The highest BCUT2D eigenvalue weighted by Gasteiger charge is 2.16. The van der Waals surface area contributed by atoms with Crippen LogP contribution in [0.25, 0.3) is 11.4 Å². The van der Waals surface area contributed by atoms with E-state index in [-0.39, 0.29) is 5.82 Å². The van der Waals surface area contributed by atoms with E-state index in [4.69, 9.17) is 4.52 Å². The topological polar surface area (TPSA) is 51.0 Å². The third-order valence-electron chi connectivity index (χ3n) is 3.50. The highest BCUT2D eigenvalue weighted by molar-refractivity contribution is 5.53. The monoisotopic (exact) mass is 261 g/mol. The molecular formula is C14H16FN3O. The SMILES string of the molecule is Fc1ccc(-c2noc(CCC3CCNC3)n2)cc1. The summed E-state index contributed by atoms with van der Waals surface area (Å²) in [5.41, 5.74) is 0.777. The summed E-state index contributed by atoms with van der Waals surface area (Å²) in [6, 6.07) is 6.11. The highest BCUT2D eigenvalue weighted by atomic mass is 19.1. The first kappa shape index (κ1) is 12.3. The summed E-state index contributed by atoms with van der Waals surface area (Å²) in [4.78, 5) is 4.35. The lowest BCUT2D eigenvalue weighted by molar-refractivity contribution is 0.365. The van der Waals surface area contributed by atoms with E-state index in [2.05, 4.69) is 15.5 Å². The fourth-order valence-electron chi connectivity index (χ4n) is 2.36. The van der Waals surface area contributed by atoms with E-state index in [9.17, 15) is 4.39 Å². The minimum Gasteiger partial charge on any atom is -0.339 e. The van der Waals surface area contributed by atoms with Gasteiger partial charge in [-0.25, -0.2) is 4.39 Å². The van der Waals surface area contributed by atoms with Crippen molar-refractivity contribution in [2.24, 2.45) is 5.92 Å². The number of aromatic nitrogens is 2. The van der Waals surface area contributed by atoms with Gasteiger partial charge >= 0.3 is 0 Å². The molecule has 2 heterocycles. The van der Waals surface area contributed by atoms with Gasteiger partial charge in [0.05, 0.1) is 0 Å². The van der Waals surface area contributed by atoms with Gasteiger partial charge in [0.25, 0.3) is 0 Å².